The molecule has 0 fully saturated rings. The monoisotopic (exact) mass is 340 g/mol. The van der Waals surface area contributed by atoms with Crippen LogP contribution in [0.2, 0.25) is 0 Å². The topological polar surface area (TPSA) is 98.5 Å². The van der Waals surface area contributed by atoms with Gasteiger partial charge in [-0.1, -0.05) is 6.07 Å². The fourth-order valence-corrected chi connectivity index (χ4v) is 2.78. The highest BCUT2D eigenvalue weighted by molar-refractivity contribution is 7.89. The Morgan fingerprint density at radius 2 is 2.10 bits per heavy atom. The second-order valence-electron chi connectivity index (χ2n) is 4.27. The largest absolute Gasteiger partial charge is 0.465 e. The van der Waals surface area contributed by atoms with E-state index >= 15 is 0 Å². The van der Waals surface area contributed by atoms with Crippen LogP contribution >= 0.6 is 12.4 Å². The molecule has 0 aromatic heterocycles. The van der Waals surface area contributed by atoms with Crippen molar-refractivity contribution in [1.29, 1.82) is 0 Å². The van der Waals surface area contributed by atoms with Gasteiger partial charge in [-0.25, -0.2) is 22.3 Å². The van der Waals surface area contributed by atoms with Gasteiger partial charge in [0.05, 0.1) is 12.0 Å². The van der Waals surface area contributed by atoms with Crippen molar-refractivity contribution in [2.45, 2.75) is 24.3 Å². The fraction of sp³-hybridized carbons (Fsp3) is 0.417. The van der Waals surface area contributed by atoms with Gasteiger partial charge in [0.2, 0.25) is 10.0 Å². The van der Waals surface area contributed by atoms with E-state index in [1.165, 1.54) is 6.07 Å². The minimum absolute atomic E-state index is 0. The van der Waals surface area contributed by atoms with Gasteiger partial charge < -0.3 is 10.5 Å². The molecule has 0 amide bonds. The summed E-state index contributed by atoms with van der Waals surface area (Å²) in [6.45, 7) is 1.83. The average molecular weight is 341 g/mol. The number of hydrogen-bond acceptors (Lipinski definition) is 5. The van der Waals surface area contributed by atoms with Crippen molar-refractivity contribution in [1.82, 2.24) is 4.72 Å². The lowest BCUT2D eigenvalue weighted by Gasteiger charge is -2.11. The summed E-state index contributed by atoms with van der Waals surface area (Å²) in [6.07, 6.45) is 0.419. The van der Waals surface area contributed by atoms with Gasteiger partial charge in [-0.3, -0.25) is 0 Å². The van der Waals surface area contributed by atoms with Crippen molar-refractivity contribution in [3.05, 3.63) is 29.6 Å². The van der Waals surface area contributed by atoms with Crippen LogP contribution < -0.4 is 10.5 Å². The van der Waals surface area contributed by atoms with Crippen LogP contribution in [0.25, 0.3) is 0 Å². The minimum Gasteiger partial charge on any atom is -0.465 e. The summed E-state index contributed by atoms with van der Waals surface area (Å²) >= 11 is 0. The average Bonchev–Trinajstić information content (AvgIpc) is 2.36. The van der Waals surface area contributed by atoms with Crippen LogP contribution in [0.3, 0.4) is 0 Å². The summed E-state index contributed by atoms with van der Waals surface area (Å²) < 4.78 is 44.5. The SMILES string of the molecule is COC(=O)c1c(F)cccc1S(=O)(=O)NCCC(C)N.Cl. The lowest BCUT2D eigenvalue weighted by Crippen LogP contribution is -2.30. The van der Waals surface area contributed by atoms with E-state index in [1.54, 1.807) is 6.92 Å². The molecule has 1 aromatic rings. The third kappa shape index (κ3) is 5.24. The van der Waals surface area contributed by atoms with Gasteiger partial charge in [-0.2, -0.15) is 0 Å². The summed E-state index contributed by atoms with van der Waals surface area (Å²) in [7, 11) is -2.96. The first kappa shape index (κ1) is 19.8. The van der Waals surface area contributed by atoms with E-state index in [0.717, 1.165) is 19.2 Å². The second-order valence-corrected chi connectivity index (χ2v) is 6.00. The summed E-state index contributed by atoms with van der Waals surface area (Å²) in [5.41, 5.74) is 4.91. The van der Waals surface area contributed by atoms with Gasteiger partial charge in [-0.15, -0.1) is 12.4 Å². The van der Waals surface area contributed by atoms with Gasteiger partial charge in [0, 0.05) is 12.6 Å². The molecule has 3 N–H and O–H groups in total. The molecule has 0 saturated heterocycles. The van der Waals surface area contributed by atoms with Crippen molar-refractivity contribution in [3.63, 3.8) is 0 Å². The lowest BCUT2D eigenvalue weighted by atomic mass is 10.2. The zero-order valence-corrected chi connectivity index (χ0v) is 13.3. The first-order valence-electron chi connectivity index (χ1n) is 5.91. The number of methoxy groups -OCH3 is 1. The lowest BCUT2D eigenvalue weighted by molar-refractivity contribution is 0.0590. The van der Waals surface area contributed by atoms with Crippen molar-refractivity contribution < 1.29 is 22.3 Å². The molecule has 0 bridgehead atoms. The first-order chi connectivity index (χ1) is 9.29. The molecule has 1 atom stereocenters. The fourth-order valence-electron chi connectivity index (χ4n) is 1.53. The Kier molecular flexibility index (Phi) is 7.80. The quantitative estimate of drug-likeness (QED) is 0.754. The molecule has 0 aliphatic heterocycles. The van der Waals surface area contributed by atoms with E-state index in [9.17, 15) is 17.6 Å². The predicted octanol–water partition coefficient (Wildman–Crippen LogP) is 1.05. The van der Waals surface area contributed by atoms with E-state index in [4.69, 9.17) is 5.73 Å². The number of ether oxygens (including phenoxy) is 1. The van der Waals surface area contributed by atoms with Crippen LogP contribution in [0, 0.1) is 5.82 Å². The Morgan fingerprint density at radius 1 is 1.48 bits per heavy atom. The molecule has 0 aliphatic carbocycles. The summed E-state index contributed by atoms with van der Waals surface area (Å²) in [6, 6.07) is 3.17. The number of benzene rings is 1. The number of carbonyl (C=O) groups is 1. The molecule has 0 radical (unpaired) electrons. The summed E-state index contributed by atoms with van der Waals surface area (Å²) in [4.78, 5) is 11.1. The molecule has 1 unspecified atom stereocenters. The molecule has 0 spiro atoms. The molecule has 1 rings (SSSR count). The predicted molar refractivity (Wildman–Crippen MR) is 78.4 cm³/mol. The van der Waals surface area contributed by atoms with Gasteiger partial charge >= 0.3 is 5.97 Å². The van der Waals surface area contributed by atoms with Crippen LogP contribution in [-0.4, -0.2) is 34.1 Å². The molecular weight excluding hydrogens is 323 g/mol. The molecule has 21 heavy (non-hydrogen) atoms. The maximum Gasteiger partial charge on any atom is 0.342 e. The van der Waals surface area contributed by atoms with E-state index in [0.29, 0.717) is 6.42 Å². The Morgan fingerprint density at radius 3 is 2.62 bits per heavy atom. The van der Waals surface area contributed by atoms with Gasteiger partial charge in [-0.05, 0) is 25.5 Å². The molecule has 1 aromatic carbocycles. The van der Waals surface area contributed by atoms with Crippen LogP contribution in [0.1, 0.15) is 23.7 Å². The zero-order valence-electron chi connectivity index (χ0n) is 11.6. The number of hydrogen-bond donors (Lipinski definition) is 2. The highest BCUT2D eigenvalue weighted by Gasteiger charge is 2.26. The molecule has 9 heteroatoms. The summed E-state index contributed by atoms with van der Waals surface area (Å²) in [5, 5.41) is 0. The molecule has 120 valence electrons. The Balaban J connectivity index is 0.00000400. The maximum atomic E-state index is 13.7. The molecular formula is C12H18ClFN2O4S. The number of esters is 1. The van der Waals surface area contributed by atoms with Crippen molar-refractivity contribution in [2.75, 3.05) is 13.7 Å². The minimum atomic E-state index is -4.01. The smallest absolute Gasteiger partial charge is 0.342 e. The normalized spacial score (nSPS) is 12.4. The van der Waals surface area contributed by atoms with Gasteiger partial charge in [0.1, 0.15) is 11.4 Å². The number of carbonyl (C=O) groups excluding carboxylic acids is 1. The number of nitrogens with two attached hydrogens (primary N) is 1. The van der Waals surface area contributed by atoms with Gasteiger partial charge in [0.15, 0.2) is 0 Å². The second kappa shape index (κ2) is 8.28. The molecule has 0 saturated carbocycles. The number of nitrogens with one attached hydrogen (secondary N) is 1. The van der Waals surface area contributed by atoms with Crippen LogP contribution in [0.15, 0.2) is 23.1 Å². The number of halogens is 2. The highest BCUT2D eigenvalue weighted by Crippen LogP contribution is 2.19. The van der Waals surface area contributed by atoms with Crippen molar-refractivity contribution in [3.8, 4) is 0 Å². The van der Waals surface area contributed by atoms with E-state index < -0.39 is 32.3 Å². The maximum absolute atomic E-state index is 13.7. The van der Waals surface area contributed by atoms with Gasteiger partial charge in [0.25, 0.3) is 0 Å². The molecule has 0 heterocycles. The standard InChI is InChI=1S/C12H17FN2O4S.ClH/c1-8(14)6-7-15-20(17,18)10-5-3-4-9(13)11(10)12(16)19-2;/h3-5,8,15H,6-7,14H2,1-2H3;1H. The number of sulfonamides is 1. The van der Waals surface area contributed by atoms with Crippen LogP contribution in [0.5, 0.6) is 0 Å². The number of rotatable bonds is 6. The van der Waals surface area contributed by atoms with Crippen molar-refractivity contribution in [2.24, 2.45) is 5.73 Å². The van der Waals surface area contributed by atoms with Crippen LogP contribution in [0.4, 0.5) is 4.39 Å². The van der Waals surface area contributed by atoms with E-state index in [2.05, 4.69) is 9.46 Å². The Bertz CT molecular complexity index is 593. The zero-order chi connectivity index (χ0) is 15.3. The van der Waals surface area contributed by atoms with Crippen LogP contribution in [-0.2, 0) is 14.8 Å². The van der Waals surface area contributed by atoms with Crippen molar-refractivity contribution >= 4 is 28.4 Å². The highest BCUT2D eigenvalue weighted by atomic mass is 35.5. The first-order valence-corrected chi connectivity index (χ1v) is 7.40. The van der Waals surface area contributed by atoms with E-state index in [1.807, 2.05) is 0 Å². The summed E-state index contributed by atoms with van der Waals surface area (Å²) in [5.74, 6) is -2.00. The molecule has 0 aliphatic rings. The molecule has 6 nitrogen and oxygen atoms in total. The Hall–Kier alpha value is -1.22. The Labute approximate surface area is 129 Å². The third-order valence-electron chi connectivity index (χ3n) is 2.55. The van der Waals surface area contributed by atoms with E-state index in [-0.39, 0.29) is 25.0 Å². The third-order valence-corrected chi connectivity index (χ3v) is 4.05.